The van der Waals surface area contributed by atoms with E-state index < -0.39 is 11.3 Å². The molecule has 2 atom stereocenters. The summed E-state index contributed by atoms with van der Waals surface area (Å²) in [4.78, 5) is 20.4. The SMILES string of the molecule is COc1c(O)c(C2C#CC3CN(CCN3)c3[nH]c(C4(C)CCCC4)cc3-c3cccc(c3)C2)c2oc(-c3ccc(O)cc3)cc(=O)c2c1OCCCO. The van der Waals surface area contributed by atoms with E-state index in [-0.39, 0.29) is 64.4 Å². The summed E-state index contributed by atoms with van der Waals surface area (Å²) in [6, 6.07) is 18.4. The molecule has 5 N–H and O–H groups in total. The van der Waals surface area contributed by atoms with Gasteiger partial charge in [-0.3, -0.25) is 4.79 Å². The van der Waals surface area contributed by atoms with Gasteiger partial charge in [0.15, 0.2) is 22.5 Å². The van der Waals surface area contributed by atoms with Crippen LogP contribution in [0.4, 0.5) is 5.82 Å². The van der Waals surface area contributed by atoms with E-state index in [4.69, 9.17) is 13.9 Å². The Labute approximate surface area is 308 Å². The van der Waals surface area contributed by atoms with Gasteiger partial charge >= 0.3 is 0 Å². The number of aliphatic hydroxyl groups excluding tert-OH is 1. The zero-order valence-corrected chi connectivity index (χ0v) is 30.1. The Morgan fingerprint density at radius 2 is 1.83 bits per heavy atom. The van der Waals surface area contributed by atoms with Gasteiger partial charge in [-0.1, -0.05) is 55.9 Å². The summed E-state index contributed by atoms with van der Waals surface area (Å²) in [6.07, 6.45) is 5.53. The number of methoxy groups -OCH3 is 1. The second-order valence-corrected chi connectivity index (χ2v) is 14.7. The number of nitrogens with one attached hydrogen (secondary N) is 2. The maximum atomic E-state index is 14.1. The fourth-order valence-corrected chi connectivity index (χ4v) is 8.25. The lowest BCUT2D eigenvalue weighted by Gasteiger charge is -2.33. The Morgan fingerprint density at radius 1 is 1.02 bits per heavy atom. The molecule has 5 aromatic rings. The highest BCUT2D eigenvalue weighted by molar-refractivity contribution is 5.94. The predicted octanol–water partition coefficient (Wildman–Crippen LogP) is 6.59. The first kappa shape index (κ1) is 34.7. The van der Waals surface area contributed by atoms with Gasteiger partial charge in [-0.05, 0) is 60.7 Å². The number of anilines is 1. The van der Waals surface area contributed by atoms with Crippen molar-refractivity contribution in [1.82, 2.24) is 10.3 Å². The van der Waals surface area contributed by atoms with E-state index in [0.29, 0.717) is 30.5 Å². The molecular formula is C43H45N3O7. The molecule has 0 amide bonds. The summed E-state index contributed by atoms with van der Waals surface area (Å²) in [7, 11) is 1.42. The number of fused-ring (bicyclic) bond motifs is 8. The number of H-pyrrole nitrogens is 1. The number of aromatic amines is 1. The summed E-state index contributed by atoms with van der Waals surface area (Å²) in [5.41, 5.74) is 5.31. The van der Waals surface area contributed by atoms with Crippen molar-refractivity contribution in [3.8, 4) is 57.3 Å². The van der Waals surface area contributed by atoms with Crippen LogP contribution in [-0.4, -0.2) is 66.3 Å². The number of piperazine rings is 1. The van der Waals surface area contributed by atoms with Crippen LogP contribution in [0.1, 0.15) is 61.8 Å². The van der Waals surface area contributed by atoms with Crippen molar-refractivity contribution in [2.24, 2.45) is 0 Å². The van der Waals surface area contributed by atoms with Crippen LogP contribution in [0.25, 0.3) is 33.4 Å². The fourth-order valence-electron chi connectivity index (χ4n) is 8.25. The van der Waals surface area contributed by atoms with Gasteiger partial charge in [-0.25, -0.2) is 0 Å². The average molecular weight is 716 g/mol. The molecule has 10 heteroatoms. The van der Waals surface area contributed by atoms with Gasteiger partial charge in [0.25, 0.3) is 0 Å². The monoisotopic (exact) mass is 715 g/mol. The third-order valence-electron chi connectivity index (χ3n) is 11.1. The zero-order chi connectivity index (χ0) is 36.7. The maximum absolute atomic E-state index is 14.1. The fraction of sp³-hybridized carbons (Fsp3) is 0.372. The number of benzene rings is 3. The molecule has 4 bridgehead atoms. The Hall–Kier alpha value is -5.37. The molecule has 1 aliphatic carbocycles. The van der Waals surface area contributed by atoms with Crippen molar-refractivity contribution < 1.29 is 29.2 Å². The standard InChI is InChI=1S/C43H45N3O7/c1-43(15-3-4-16-43)35-23-32-28-8-5-7-26(21-28)22-29(9-12-30-25-46(18-17-44-30)42(32)45-35)36-38(50)41(51-2)40(52-20-6-19-47)37-33(49)24-34(53-39(36)37)27-10-13-31(48)14-11-27/h5,7-8,10-11,13-14,21,23-24,29-30,44-45,47-48,50H,3-4,6,15-20,22,25H2,1-2H3. The summed E-state index contributed by atoms with van der Waals surface area (Å²) in [6.45, 7) is 4.59. The Bertz CT molecular complexity index is 2270. The van der Waals surface area contributed by atoms with E-state index >= 15 is 0 Å². The Morgan fingerprint density at radius 3 is 2.60 bits per heavy atom. The molecule has 10 nitrogen and oxygen atoms in total. The van der Waals surface area contributed by atoms with Gasteiger partial charge in [0.05, 0.1) is 31.2 Å². The van der Waals surface area contributed by atoms with E-state index in [9.17, 15) is 20.1 Å². The van der Waals surface area contributed by atoms with Gasteiger partial charge in [0, 0.05) is 61.0 Å². The lowest BCUT2D eigenvalue weighted by atomic mass is 9.85. The smallest absolute Gasteiger partial charge is 0.204 e. The molecule has 0 radical (unpaired) electrons. The molecular weight excluding hydrogens is 670 g/mol. The van der Waals surface area contributed by atoms with Gasteiger partial charge in [-0.2, -0.15) is 0 Å². The normalized spacial score (nSPS) is 19.1. The third kappa shape index (κ3) is 6.49. The van der Waals surface area contributed by atoms with Gasteiger partial charge in [0.2, 0.25) is 5.75 Å². The van der Waals surface area contributed by atoms with Crippen molar-refractivity contribution in [1.29, 1.82) is 0 Å². The minimum Gasteiger partial charge on any atom is -0.508 e. The number of ether oxygens (including phenoxy) is 2. The molecule has 0 spiro atoms. The summed E-state index contributed by atoms with van der Waals surface area (Å²) in [5.74, 6) is 7.67. The lowest BCUT2D eigenvalue weighted by molar-refractivity contribution is 0.228. The summed E-state index contributed by atoms with van der Waals surface area (Å²) >= 11 is 0. The van der Waals surface area contributed by atoms with Crippen molar-refractivity contribution in [3.05, 3.63) is 87.7 Å². The number of hydrogen-bond acceptors (Lipinski definition) is 9. The minimum absolute atomic E-state index is 0.00339. The number of phenols is 2. The average Bonchev–Trinajstić information content (AvgIpc) is 3.82. The number of rotatable bonds is 8. The Kier molecular flexibility index (Phi) is 9.31. The molecule has 2 unspecified atom stereocenters. The first-order valence-corrected chi connectivity index (χ1v) is 18.5. The molecule has 2 aliphatic heterocycles. The van der Waals surface area contributed by atoms with Crippen LogP contribution < -0.4 is 25.1 Å². The molecule has 8 rings (SSSR count). The third-order valence-corrected chi connectivity index (χ3v) is 11.1. The summed E-state index contributed by atoms with van der Waals surface area (Å²) in [5, 5.41) is 35.2. The minimum atomic E-state index is -0.624. The second kappa shape index (κ2) is 14.2. The van der Waals surface area contributed by atoms with E-state index in [1.165, 1.54) is 62.2 Å². The van der Waals surface area contributed by atoms with Crippen molar-refractivity contribution in [2.75, 3.05) is 44.9 Å². The first-order valence-electron chi connectivity index (χ1n) is 18.5. The first-order chi connectivity index (χ1) is 25.8. The van der Waals surface area contributed by atoms with E-state index in [0.717, 1.165) is 30.0 Å². The second-order valence-electron chi connectivity index (χ2n) is 14.7. The van der Waals surface area contributed by atoms with Crippen LogP contribution in [0.3, 0.4) is 0 Å². The van der Waals surface area contributed by atoms with Crippen molar-refractivity contribution in [3.63, 3.8) is 0 Å². The van der Waals surface area contributed by atoms with Crippen LogP contribution in [0.2, 0.25) is 0 Å². The van der Waals surface area contributed by atoms with Gasteiger partial charge in [0.1, 0.15) is 22.7 Å². The predicted molar refractivity (Wildman–Crippen MR) is 205 cm³/mol. The lowest BCUT2D eigenvalue weighted by Crippen LogP contribution is -2.50. The molecule has 3 aromatic carbocycles. The number of aromatic nitrogens is 1. The van der Waals surface area contributed by atoms with Crippen LogP contribution >= 0.6 is 0 Å². The van der Waals surface area contributed by atoms with Crippen LogP contribution in [0, 0.1) is 11.8 Å². The maximum Gasteiger partial charge on any atom is 0.204 e. The van der Waals surface area contributed by atoms with Crippen LogP contribution in [0.15, 0.2) is 69.9 Å². The van der Waals surface area contributed by atoms with Crippen LogP contribution in [-0.2, 0) is 11.8 Å². The number of phenolic OH excluding ortho intramolecular Hbond substituents is 2. The molecule has 274 valence electrons. The highest BCUT2D eigenvalue weighted by Gasteiger charge is 2.35. The van der Waals surface area contributed by atoms with E-state index in [2.05, 4.69) is 64.3 Å². The van der Waals surface area contributed by atoms with E-state index in [1.807, 2.05) is 0 Å². The molecule has 2 fully saturated rings. The van der Waals surface area contributed by atoms with Gasteiger partial charge < -0.3 is 44.4 Å². The van der Waals surface area contributed by atoms with Crippen molar-refractivity contribution >= 4 is 16.8 Å². The Balaban J connectivity index is 1.33. The molecule has 53 heavy (non-hydrogen) atoms. The molecule has 3 aliphatic rings. The number of aliphatic hydroxyl groups is 1. The summed E-state index contributed by atoms with van der Waals surface area (Å²) < 4.78 is 18.4. The number of nitrogens with zero attached hydrogens (tertiary/aromatic N) is 1. The van der Waals surface area contributed by atoms with E-state index in [1.54, 1.807) is 12.1 Å². The molecule has 4 heterocycles. The van der Waals surface area contributed by atoms with Gasteiger partial charge in [-0.15, -0.1) is 0 Å². The largest absolute Gasteiger partial charge is 0.508 e. The zero-order valence-electron chi connectivity index (χ0n) is 30.1. The van der Waals surface area contributed by atoms with Crippen LogP contribution in [0.5, 0.6) is 23.0 Å². The number of aromatic hydroxyl groups is 2. The molecule has 2 aromatic heterocycles. The quantitative estimate of drug-likeness (QED) is 0.0890. The number of hydrogen-bond donors (Lipinski definition) is 5. The highest BCUT2D eigenvalue weighted by Crippen LogP contribution is 2.50. The topological polar surface area (TPSA) is 140 Å². The molecule has 1 saturated carbocycles. The van der Waals surface area contributed by atoms with Crippen molar-refractivity contribution in [2.45, 2.75) is 62.8 Å². The highest BCUT2D eigenvalue weighted by atomic mass is 16.5. The molecule has 1 saturated heterocycles.